The molecule has 0 aliphatic carbocycles. The first kappa shape index (κ1) is 12.4. The van der Waals surface area contributed by atoms with Crippen molar-refractivity contribution in [1.82, 2.24) is 10.9 Å². The van der Waals surface area contributed by atoms with Crippen LogP contribution < -0.4 is 10.9 Å². The zero-order chi connectivity index (χ0) is 12.3. The molecule has 1 aliphatic heterocycles. The van der Waals surface area contributed by atoms with Crippen molar-refractivity contribution in [3.05, 3.63) is 35.4 Å². The zero-order valence-corrected chi connectivity index (χ0v) is 10.4. The van der Waals surface area contributed by atoms with Crippen molar-refractivity contribution in [2.24, 2.45) is 0 Å². The fourth-order valence-electron chi connectivity index (χ4n) is 1.43. The lowest BCUT2D eigenvalue weighted by Gasteiger charge is -2.10. The zero-order valence-electron chi connectivity index (χ0n) is 9.60. The first-order valence-corrected chi connectivity index (χ1v) is 6.04. The molecule has 1 aliphatic rings. The molecule has 92 valence electrons. The van der Waals surface area contributed by atoms with Gasteiger partial charge in [-0.3, -0.25) is 0 Å². The number of benzene rings is 1. The Kier molecular flexibility index (Phi) is 4.01. The van der Waals surface area contributed by atoms with Gasteiger partial charge in [0.2, 0.25) is 0 Å². The molecule has 6 heteroatoms. The lowest BCUT2D eigenvalue weighted by Crippen LogP contribution is -2.29. The molecule has 1 fully saturated rings. The first-order valence-electron chi connectivity index (χ1n) is 5.17. The van der Waals surface area contributed by atoms with Gasteiger partial charge in [-0.15, -0.1) is 0 Å². The van der Waals surface area contributed by atoms with E-state index in [1.165, 1.54) is 12.7 Å². The van der Waals surface area contributed by atoms with Gasteiger partial charge in [0.25, 0.3) is 0 Å². The number of aryl methyl sites for hydroxylation is 1. The van der Waals surface area contributed by atoms with Gasteiger partial charge in [0.1, 0.15) is 6.23 Å². The van der Waals surface area contributed by atoms with E-state index in [4.69, 9.17) is 4.74 Å². The number of methoxy groups -OCH3 is 1. The number of nitrogens with one attached hydrogen (secondary N) is 2. The van der Waals surface area contributed by atoms with Gasteiger partial charge in [0.15, 0.2) is 5.56 Å². The van der Waals surface area contributed by atoms with Gasteiger partial charge in [0, 0.05) is 11.8 Å². The average Bonchev–Trinajstić information content (AvgIpc) is 2.78. The summed E-state index contributed by atoms with van der Waals surface area (Å²) in [6, 6.07) is 8.00. The third-order valence-corrected chi connectivity index (χ3v) is 3.14. The predicted octanol–water partition coefficient (Wildman–Crippen LogP) is 1.90. The van der Waals surface area contributed by atoms with Crippen molar-refractivity contribution in [2.45, 2.75) is 18.7 Å². The number of hydrogen-bond acceptors (Lipinski definition) is 6. The molecule has 1 aromatic carbocycles. The molecule has 1 heterocycles. The minimum absolute atomic E-state index is 0.252. The molecule has 5 nitrogen and oxygen atoms in total. The van der Waals surface area contributed by atoms with E-state index in [0.29, 0.717) is 0 Å². The van der Waals surface area contributed by atoms with E-state index in [1.54, 1.807) is 0 Å². The van der Waals surface area contributed by atoms with Crippen molar-refractivity contribution in [3.8, 4) is 0 Å². The number of hydrogen-bond donors (Lipinski definition) is 2. The predicted molar refractivity (Wildman–Crippen MR) is 65.1 cm³/mol. The number of rotatable bonds is 2. The molecule has 2 N–H and O–H groups in total. The van der Waals surface area contributed by atoms with E-state index in [-0.39, 0.29) is 11.5 Å². The smallest absolute Gasteiger partial charge is 0.370 e. The second-order valence-electron chi connectivity index (χ2n) is 3.62. The highest BCUT2D eigenvalue weighted by atomic mass is 32.2. The van der Waals surface area contributed by atoms with Gasteiger partial charge in [0.05, 0.1) is 7.11 Å². The summed E-state index contributed by atoms with van der Waals surface area (Å²) in [6.07, 6.45) is -0.252. The molecule has 2 atom stereocenters. The largest absolute Gasteiger partial charge is 0.461 e. The Labute approximate surface area is 104 Å². The number of carbonyl (C=O) groups excluding carboxylic acids is 1. The van der Waals surface area contributed by atoms with Gasteiger partial charge in [-0.05, 0) is 12.5 Å². The van der Waals surface area contributed by atoms with Crippen LogP contribution in [0, 0.1) is 6.92 Å². The number of carbonyl (C=O) groups is 1. The van der Waals surface area contributed by atoms with Gasteiger partial charge >= 0.3 is 5.30 Å². The average molecular weight is 254 g/mol. The van der Waals surface area contributed by atoms with E-state index in [0.717, 1.165) is 17.3 Å². The Morgan fingerprint density at radius 1 is 1.35 bits per heavy atom. The van der Waals surface area contributed by atoms with Gasteiger partial charge in [-0.2, -0.15) is 0 Å². The van der Waals surface area contributed by atoms with Crippen LogP contribution in [0.2, 0.25) is 0 Å². The second kappa shape index (κ2) is 5.50. The Morgan fingerprint density at radius 3 is 2.71 bits per heavy atom. The minimum Gasteiger partial charge on any atom is -0.461 e. The highest BCUT2D eigenvalue weighted by Crippen LogP contribution is 2.25. The van der Waals surface area contributed by atoms with E-state index in [9.17, 15) is 4.79 Å². The van der Waals surface area contributed by atoms with Crippen LogP contribution in [0.25, 0.3) is 0 Å². The molecule has 1 aromatic rings. The molecule has 2 rings (SSSR count). The van der Waals surface area contributed by atoms with Crippen LogP contribution in [-0.4, -0.2) is 18.0 Å². The standard InChI is InChI=1S/C11H14N2O3S/c1-7-3-5-8(6-4-7)9-12-13-10(16-9)17-11(14)15-2/h3-6,9-10,12-13H,1-2H3. The Balaban J connectivity index is 1.93. The molecule has 0 saturated carbocycles. The molecule has 0 spiro atoms. The molecule has 0 amide bonds. The van der Waals surface area contributed by atoms with Crippen LogP contribution in [0.1, 0.15) is 17.4 Å². The lowest BCUT2D eigenvalue weighted by molar-refractivity contribution is 0.0819. The van der Waals surface area contributed by atoms with Crippen molar-refractivity contribution >= 4 is 17.1 Å². The topological polar surface area (TPSA) is 59.6 Å². The number of thioether (sulfide) groups is 1. The summed E-state index contributed by atoms with van der Waals surface area (Å²) < 4.78 is 10.1. The molecule has 2 unspecified atom stereocenters. The van der Waals surface area contributed by atoms with Crippen molar-refractivity contribution in [1.29, 1.82) is 0 Å². The maximum Gasteiger partial charge on any atom is 0.370 e. The minimum atomic E-state index is -0.436. The second-order valence-corrected chi connectivity index (χ2v) is 4.62. The third-order valence-electron chi connectivity index (χ3n) is 2.34. The highest BCUT2D eigenvalue weighted by molar-refractivity contribution is 8.13. The van der Waals surface area contributed by atoms with Gasteiger partial charge in [-0.1, -0.05) is 29.8 Å². The van der Waals surface area contributed by atoms with Crippen molar-refractivity contribution in [3.63, 3.8) is 0 Å². The normalized spacial score (nSPS) is 23.6. The van der Waals surface area contributed by atoms with E-state index in [2.05, 4.69) is 15.6 Å². The lowest BCUT2D eigenvalue weighted by atomic mass is 10.1. The van der Waals surface area contributed by atoms with Crippen LogP contribution in [0.3, 0.4) is 0 Å². The number of ether oxygens (including phenoxy) is 2. The van der Waals surface area contributed by atoms with E-state index in [1.807, 2.05) is 31.2 Å². The maximum atomic E-state index is 11.0. The summed E-state index contributed by atoms with van der Waals surface area (Å²) in [5, 5.41) is -0.381. The number of hydrazine groups is 1. The Morgan fingerprint density at radius 2 is 2.06 bits per heavy atom. The van der Waals surface area contributed by atoms with Crippen LogP contribution >= 0.6 is 11.8 Å². The van der Waals surface area contributed by atoms with Gasteiger partial charge in [-0.25, -0.2) is 15.6 Å². The van der Waals surface area contributed by atoms with Crippen LogP contribution in [0.5, 0.6) is 0 Å². The summed E-state index contributed by atoms with van der Waals surface area (Å²) in [4.78, 5) is 11.0. The van der Waals surface area contributed by atoms with Crippen LogP contribution in [0.4, 0.5) is 4.79 Å². The summed E-state index contributed by atoms with van der Waals surface area (Å²) in [7, 11) is 1.34. The molecule has 0 bridgehead atoms. The fourth-order valence-corrected chi connectivity index (χ4v) is 2.00. The van der Waals surface area contributed by atoms with Crippen LogP contribution in [-0.2, 0) is 9.47 Å². The SMILES string of the molecule is COC(=O)SC1NNC(c2ccc(C)cc2)O1. The molecular formula is C11H14N2O3S. The maximum absolute atomic E-state index is 11.0. The van der Waals surface area contributed by atoms with Crippen LogP contribution in [0.15, 0.2) is 24.3 Å². The molecule has 0 aromatic heterocycles. The third kappa shape index (κ3) is 3.19. The Bertz CT molecular complexity index is 396. The van der Waals surface area contributed by atoms with Crippen molar-refractivity contribution < 1.29 is 14.3 Å². The highest BCUT2D eigenvalue weighted by Gasteiger charge is 2.28. The monoisotopic (exact) mass is 254 g/mol. The quantitative estimate of drug-likeness (QED) is 0.786. The Hall–Kier alpha value is -1.08. The first-order chi connectivity index (χ1) is 8.19. The molecule has 17 heavy (non-hydrogen) atoms. The summed E-state index contributed by atoms with van der Waals surface area (Å²) in [5.74, 6) is 0. The fraction of sp³-hybridized carbons (Fsp3) is 0.364. The molecular weight excluding hydrogens is 240 g/mol. The van der Waals surface area contributed by atoms with E-state index >= 15 is 0 Å². The molecule has 1 saturated heterocycles. The van der Waals surface area contributed by atoms with Crippen molar-refractivity contribution in [2.75, 3.05) is 7.11 Å². The van der Waals surface area contributed by atoms with E-state index < -0.39 is 5.56 Å². The summed E-state index contributed by atoms with van der Waals surface area (Å²) in [5.41, 5.74) is 7.61. The molecule has 0 radical (unpaired) electrons. The van der Waals surface area contributed by atoms with Gasteiger partial charge < -0.3 is 9.47 Å². The summed E-state index contributed by atoms with van der Waals surface area (Å²) in [6.45, 7) is 2.03. The summed E-state index contributed by atoms with van der Waals surface area (Å²) >= 11 is 0.952.